The average molecular weight is 688 g/mol. The number of fused-ring (bicyclic) bond motifs is 4. The lowest BCUT2D eigenvalue weighted by atomic mass is 9.68. The van der Waals surface area contributed by atoms with Crippen LogP contribution < -0.4 is 4.90 Å². The monoisotopic (exact) mass is 687 g/mol. The smallest absolute Gasteiger partial charge is 0.0713 e. The SMILES string of the molecule is c1ccc(-c2cccc(N(c3ccc(-c4cccc5ccccc45)cc3)c3ccc(C4(c5ccccc5)c5ccccc5-c5ccccc54)cc3)c2)cc1. The van der Waals surface area contributed by atoms with Crippen molar-refractivity contribution in [2.75, 3.05) is 4.90 Å². The minimum atomic E-state index is -0.439. The Bertz CT molecular complexity index is 2700. The van der Waals surface area contributed by atoms with E-state index in [1.165, 1.54) is 66.4 Å². The van der Waals surface area contributed by atoms with Gasteiger partial charge in [-0.2, -0.15) is 0 Å². The van der Waals surface area contributed by atoms with E-state index in [0.29, 0.717) is 0 Å². The maximum atomic E-state index is 2.38. The number of rotatable bonds is 7. The van der Waals surface area contributed by atoms with Crippen molar-refractivity contribution in [3.63, 3.8) is 0 Å². The van der Waals surface area contributed by atoms with Gasteiger partial charge in [-0.05, 0) is 103 Å². The van der Waals surface area contributed by atoms with Crippen LogP contribution in [0.3, 0.4) is 0 Å². The third-order valence-corrected chi connectivity index (χ3v) is 11.2. The molecule has 0 radical (unpaired) electrons. The highest BCUT2D eigenvalue weighted by molar-refractivity contribution is 5.97. The molecular formula is C53H37N. The molecule has 0 spiro atoms. The van der Waals surface area contributed by atoms with Crippen LogP contribution in [0.2, 0.25) is 0 Å². The number of benzene rings is 9. The molecule has 0 aliphatic heterocycles. The van der Waals surface area contributed by atoms with Crippen molar-refractivity contribution >= 4 is 27.8 Å². The average Bonchev–Trinajstić information content (AvgIpc) is 3.56. The van der Waals surface area contributed by atoms with E-state index in [0.717, 1.165) is 17.1 Å². The van der Waals surface area contributed by atoms with Gasteiger partial charge in [0.1, 0.15) is 0 Å². The maximum Gasteiger partial charge on any atom is 0.0713 e. The first-order valence-electron chi connectivity index (χ1n) is 18.7. The van der Waals surface area contributed by atoms with Gasteiger partial charge in [-0.25, -0.2) is 0 Å². The first-order chi connectivity index (χ1) is 26.8. The van der Waals surface area contributed by atoms with Gasteiger partial charge in [0.25, 0.3) is 0 Å². The third kappa shape index (κ3) is 5.17. The summed E-state index contributed by atoms with van der Waals surface area (Å²) in [5, 5.41) is 2.51. The number of nitrogens with zero attached hydrogens (tertiary/aromatic N) is 1. The van der Waals surface area contributed by atoms with Gasteiger partial charge >= 0.3 is 0 Å². The molecule has 54 heavy (non-hydrogen) atoms. The molecular weight excluding hydrogens is 651 g/mol. The predicted molar refractivity (Wildman–Crippen MR) is 227 cm³/mol. The summed E-state index contributed by atoms with van der Waals surface area (Å²) >= 11 is 0. The van der Waals surface area contributed by atoms with Crippen LogP contribution in [0.1, 0.15) is 22.3 Å². The lowest BCUT2D eigenvalue weighted by molar-refractivity contribution is 0.768. The standard InChI is InChI=1S/C53H37N/c1-3-15-38(16-4-1)41-19-13-22-46(37-41)54(44-33-29-40(30-34-44)48-26-14-18-39-17-7-8-23-47(39)48)45-35-31-43(32-36-45)53(42-20-5-2-6-21-42)51-27-11-9-24-49(51)50-25-10-12-28-52(50)53/h1-37H. The van der Waals surface area contributed by atoms with E-state index in [9.17, 15) is 0 Å². The van der Waals surface area contributed by atoms with Gasteiger partial charge < -0.3 is 4.90 Å². The van der Waals surface area contributed by atoms with Crippen LogP contribution in [0.4, 0.5) is 17.1 Å². The highest BCUT2D eigenvalue weighted by Crippen LogP contribution is 2.56. The summed E-state index contributed by atoms with van der Waals surface area (Å²) in [6, 6.07) is 81.9. The molecule has 0 aromatic heterocycles. The summed E-state index contributed by atoms with van der Waals surface area (Å²) in [5.41, 5.74) is 15.5. The Kier molecular flexibility index (Phi) is 7.78. The number of hydrogen-bond acceptors (Lipinski definition) is 1. The topological polar surface area (TPSA) is 3.24 Å². The Hall–Kier alpha value is -6.96. The molecule has 10 rings (SSSR count). The van der Waals surface area contributed by atoms with Crippen molar-refractivity contribution in [2.45, 2.75) is 5.41 Å². The predicted octanol–water partition coefficient (Wildman–Crippen LogP) is 14.0. The van der Waals surface area contributed by atoms with Gasteiger partial charge in [-0.15, -0.1) is 0 Å². The maximum absolute atomic E-state index is 2.38. The van der Waals surface area contributed by atoms with Gasteiger partial charge in [0, 0.05) is 17.1 Å². The molecule has 0 N–H and O–H groups in total. The first kappa shape index (κ1) is 31.7. The van der Waals surface area contributed by atoms with Gasteiger partial charge in [0.15, 0.2) is 0 Å². The molecule has 0 unspecified atom stereocenters. The number of hydrogen-bond donors (Lipinski definition) is 0. The van der Waals surface area contributed by atoms with E-state index in [1.807, 2.05) is 0 Å². The lowest BCUT2D eigenvalue weighted by Crippen LogP contribution is -2.28. The van der Waals surface area contributed by atoms with Crippen molar-refractivity contribution in [2.24, 2.45) is 0 Å². The molecule has 1 nitrogen and oxygen atoms in total. The fraction of sp³-hybridized carbons (Fsp3) is 0.0189. The molecule has 0 bridgehead atoms. The van der Waals surface area contributed by atoms with Crippen LogP contribution in [0, 0.1) is 0 Å². The number of anilines is 3. The van der Waals surface area contributed by atoms with Crippen molar-refractivity contribution in [3.05, 3.63) is 247 Å². The third-order valence-electron chi connectivity index (χ3n) is 11.2. The highest BCUT2D eigenvalue weighted by atomic mass is 15.1. The zero-order valence-corrected chi connectivity index (χ0v) is 29.8. The zero-order chi connectivity index (χ0) is 35.9. The van der Waals surface area contributed by atoms with Crippen molar-refractivity contribution in [1.29, 1.82) is 0 Å². The molecule has 0 saturated heterocycles. The molecule has 254 valence electrons. The largest absolute Gasteiger partial charge is 0.310 e. The van der Waals surface area contributed by atoms with Crippen LogP contribution in [-0.2, 0) is 5.41 Å². The van der Waals surface area contributed by atoms with Gasteiger partial charge in [0.2, 0.25) is 0 Å². The molecule has 0 amide bonds. The minimum Gasteiger partial charge on any atom is -0.310 e. The van der Waals surface area contributed by atoms with E-state index < -0.39 is 5.41 Å². The second-order valence-corrected chi connectivity index (χ2v) is 14.1. The fourth-order valence-corrected chi connectivity index (χ4v) is 8.74. The molecule has 1 aliphatic carbocycles. The Balaban J connectivity index is 1.13. The van der Waals surface area contributed by atoms with E-state index in [1.54, 1.807) is 0 Å². The van der Waals surface area contributed by atoms with Crippen LogP contribution in [-0.4, -0.2) is 0 Å². The summed E-state index contributed by atoms with van der Waals surface area (Å²) in [6.45, 7) is 0. The minimum absolute atomic E-state index is 0.439. The Labute approximate surface area is 317 Å². The van der Waals surface area contributed by atoms with E-state index >= 15 is 0 Å². The van der Waals surface area contributed by atoms with Crippen LogP contribution >= 0.6 is 0 Å². The summed E-state index contributed by atoms with van der Waals surface area (Å²) in [6.07, 6.45) is 0. The molecule has 0 saturated carbocycles. The molecule has 0 fully saturated rings. The van der Waals surface area contributed by atoms with Crippen LogP contribution in [0.25, 0.3) is 44.2 Å². The molecule has 9 aromatic rings. The van der Waals surface area contributed by atoms with Crippen LogP contribution in [0.15, 0.2) is 224 Å². The van der Waals surface area contributed by atoms with Gasteiger partial charge in [0.05, 0.1) is 5.41 Å². The van der Waals surface area contributed by atoms with E-state index in [-0.39, 0.29) is 0 Å². The second kappa shape index (κ2) is 13.2. The Morgan fingerprint density at radius 1 is 0.296 bits per heavy atom. The second-order valence-electron chi connectivity index (χ2n) is 14.1. The van der Waals surface area contributed by atoms with Crippen molar-refractivity contribution in [1.82, 2.24) is 0 Å². The van der Waals surface area contributed by atoms with Gasteiger partial charge in [-0.3, -0.25) is 0 Å². The van der Waals surface area contributed by atoms with Crippen LogP contribution in [0.5, 0.6) is 0 Å². The summed E-state index contributed by atoms with van der Waals surface area (Å²) in [7, 11) is 0. The summed E-state index contributed by atoms with van der Waals surface area (Å²) in [4.78, 5) is 2.38. The molecule has 1 heteroatoms. The molecule has 0 atom stereocenters. The molecule has 1 aliphatic rings. The molecule has 0 heterocycles. The Morgan fingerprint density at radius 3 is 1.50 bits per heavy atom. The van der Waals surface area contributed by atoms with Crippen molar-refractivity contribution in [3.8, 4) is 33.4 Å². The fourth-order valence-electron chi connectivity index (χ4n) is 8.74. The van der Waals surface area contributed by atoms with Gasteiger partial charge in [-0.1, -0.05) is 188 Å². The van der Waals surface area contributed by atoms with E-state index in [2.05, 4.69) is 229 Å². The summed E-state index contributed by atoms with van der Waals surface area (Å²) in [5.74, 6) is 0. The van der Waals surface area contributed by atoms with E-state index in [4.69, 9.17) is 0 Å². The Morgan fingerprint density at radius 2 is 0.796 bits per heavy atom. The summed E-state index contributed by atoms with van der Waals surface area (Å²) < 4.78 is 0. The highest BCUT2D eigenvalue weighted by Gasteiger charge is 2.45. The lowest BCUT2D eigenvalue weighted by Gasteiger charge is -2.34. The van der Waals surface area contributed by atoms with Crippen molar-refractivity contribution < 1.29 is 0 Å². The quantitative estimate of drug-likeness (QED) is 0.161. The zero-order valence-electron chi connectivity index (χ0n) is 29.8. The normalized spacial score (nSPS) is 12.6. The molecule has 9 aromatic carbocycles. The first-order valence-corrected chi connectivity index (χ1v) is 18.7.